The molecule has 0 aliphatic carbocycles. The van der Waals surface area contributed by atoms with Gasteiger partial charge < -0.3 is 11.1 Å². The average molecular weight is 310 g/mol. The van der Waals surface area contributed by atoms with E-state index in [1.54, 1.807) is 12.1 Å². The summed E-state index contributed by atoms with van der Waals surface area (Å²) in [5, 5.41) is 3.58. The maximum atomic E-state index is 11.0. The van der Waals surface area contributed by atoms with Crippen LogP contribution < -0.4 is 11.1 Å². The smallest absolute Gasteiger partial charge is 0.248 e. The molecule has 122 valence electrons. The number of benzene rings is 2. The highest BCUT2D eigenvalue weighted by Crippen LogP contribution is 2.08. The standard InChI is InChI=1S/C20H26N2O/c1-15-5-3-6-18(13-15)14-16(2)22-12-4-7-17-8-10-19(11-9-17)20(21)23/h3,5-6,8-11,13,16,22H,4,7,12,14H2,1-2H3,(H2,21,23). The van der Waals surface area contributed by atoms with Gasteiger partial charge in [-0.3, -0.25) is 4.79 Å². The summed E-state index contributed by atoms with van der Waals surface area (Å²) >= 11 is 0. The predicted octanol–water partition coefficient (Wildman–Crippen LogP) is 3.25. The van der Waals surface area contributed by atoms with Crippen molar-refractivity contribution in [1.82, 2.24) is 5.32 Å². The third-order valence-corrected chi connectivity index (χ3v) is 4.00. The van der Waals surface area contributed by atoms with Crippen LogP contribution in [0.15, 0.2) is 48.5 Å². The number of carbonyl (C=O) groups excluding carboxylic acids is 1. The molecule has 1 amide bonds. The molecule has 0 heterocycles. The molecule has 0 saturated carbocycles. The second kappa shape index (κ2) is 8.49. The molecular weight excluding hydrogens is 284 g/mol. The molecule has 0 aromatic heterocycles. The second-order valence-corrected chi connectivity index (χ2v) is 6.21. The van der Waals surface area contributed by atoms with Gasteiger partial charge in [0.05, 0.1) is 0 Å². The van der Waals surface area contributed by atoms with Crippen molar-refractivity contribution in [2.24, 2.45) is 5.73 Å². The highest BCUT2D eigenvalue weighted by molar-refractivity contribution is 5.92. The number of carbonyl (C=O) groups is 1. The lowest BCUT2D eigenvalue weighted by Crippen LogP contribution is -2.29. The maximum absolute atomic E-state index is 11.0. The van der Waals surface area contributed by atoms with Crippen LogP contribution in [0.25, 0.3) is 0 Å². The van der Waals surface area contributed by atoms with E-state index in [4.69, 9.17) is 5.73 Å². The van der Waals surface area contributed by atoms with E-state index in [-0.39, 0.29) is 5.91 Å². The molecule has 2 rings (SSSR count). The lowest BCUT2D eigenvalue weighted by atomic mass is 10.0. The molecule has 0 aliphatic rings. The van der Waals surface area contributed by atoms with E-state index >= 15 is 0 Å². The number of hydrogen-bond donors (Lipinski definition) is 2. The summed E-state index contributed by atoms with van der Waals surface area (Å²) in [6, 6.07) is 16.7. The summed E-state index contributed by atoms with van der Waals surface area (Å²) in [7, 11) is 0. The van der Waals surface area contributed by atoms with Crippen molar-refractivity contribution in [3.63, 3.8) is 0 Å². The van der Waals surface area contributed by atoms with Gasteiger partial charge >= 0.3 is 0 Å². The molecule has 1 unspecified atom stereocenters. The fourth-order valence-corrected chi connectivity index (χ4v) is 2.74. The minimum atomic E-state index is -0.372. The van der Waals surface area contributed by atoms with E-state index in [1.165, 1.54) is 16.7 Å². The van der Waals surface area contributed by atoms with Gasteiger partial charge in [0.25, 0.3) is 0 Å². The second-order valence-electron chi connectivity index (χ2n) is 6.21. The number of hydrogen-bond acceptors (Lipinski definition) is 2. The van der Waals surface area contributed by atoms with E-state index in [0.717, 1.165) is 25.8 Å². The number of nitrogens with two attached hydrogens (primary N) is 1. The summed E-state index contributed by atoms with van der Waals surface area (Å²) in [5.74, 6) is -0.372. The first kappa shape index (κ1) is 17.2. The van der Waals surface area contributed by atoms with Crippen molar-refractivity contribution in [3.8, 4) is 0 Å². The van der Waals surface area contributed by atoms with Crippen LogP contribution >= 0.6 is 0 Å². The Morgan fingerprint density at radius 1 is 1.13 bits per heavy atom. The summed E-state index contributed by atoms with van der Waals surface area (Å²) in [6.07, 6.45) is 3.13. The van der Waals surface area contributed by atoms with Crippen LogP contribution in [0.5, 0.6) is 0 Å². The third kappa shape index (κ3) is 5.87. The monoisotopic (exact) mass is 310 g/mol. The number of nitrogens with one attached hydrogen (secondary N) is 1. The lowest BCUT2D eigenvalue weighted by Gasteiger charge is -2.14. The Kier molecular flexibility index (Phi) is 6.36. The van der Waals surface area contributed by atoms with Crippen molar-refractivity contribution in [1.29, 1.82) is 0 Å². The summed E-state index contributed by atoms with van der Waals surface area (Å²) in [6.45, 7) is 5.35. The fraction of sp³-hybridized carbons (Fsp3) is 0.350. The van der Waals surface area contributed by atoms with E-state index in [1.807, 2.05) is 12.1 Å². The Balaban J connectivity index is 1.69. The van der Waals surface area contributed by atoms with E-state index in [2.05, 4.69) is 43.4 Å². The Bertz CT molecular complexity index is 634. The summed E-state index contributed by atoms with van der Waals surface area (Å²) in [5.41, 5.74) is 9.75. The quantitative estimate of drug-likeness (QED) is 0.735. The first-order valence-electron chi connectivity index (χ1n) is 8.22. The van der Waals surface area contributed by atoms with Crippen molar-refractivity contribution < 1.29 is 4.79 Å². The Morgan fingerprint density at radius 2 is 1.87 bits per heavy atom. The highest BCUT2D eigenvalue weighted by atomic mass is 16.1. The van der Waals surface area contributed by atoms with Gasteiger partial charge in [0.1, 0.15) is 0 Å². The number of aryl methyl sites for hydroxylation is 2. The summed E-state index contributed by atoms with van der Waals surface area (Å²) in [4.78, 5) is 11.0. The summed E-state index contributed by atoms with van der Waals surface area (Å²) < 4.78 is 0. The van der Waals surface area contributed by atoms with Crippen LogP contribution in [0.1, 0.15) is 40.4 Å². The topological polar surface area (TPSA) is 55.1 Å². The largest absolute Gasteiger partial charge is 0.366 e. The number of rotatable bonds is 8. The number of primary amides is 1. The van der Waals surface area contributed by atoms with Crippen LogP contribution in [-0.4, -0.2) is 18.5 Å². The van der Waals surface area contributed by atoms with Crippen LogP contribution in [0.4, 0.5) is 0 Å². The normalized spacial score (nSPS) is 12.1. The van der Waals surface area contributed by atoms with Crippen LogP contribution in [-0.2, 0) is 12.8 Å². The zero-order valence-corrected chi connectivity index (χ0v) is 14.0. The molecule has 3 heteroatoms. The molecule has 0 bridgehead atoms. The molecule has 1 atom stereocenters. The minimum Gasteiger partial charge on any atom is -0.366 e. The molecule has 3 N–H and O–H groups in total. The van der Waals surface area contributed by atoms with E-state index < -0.39 is 0 Å². The van der Waals surface area contributed by atoms with Gasteiger partial charge in [0.2, 0.25) is 5.91 Å². The minimum absolute atomic E-state index is 0.372. The van der Waals surface area contributed by atoms with Crippen molar-refractivity contribution in [3.05, 3.63) is 70.8 Å². The molecule has 23 heavy (non-hydrogen) atoms. The molecule has 2 aromatic carbocycles. The average Bonchev–Trinajstić information content (AvgIpc) is 2.52. The lowest BCUT2D eigenvalue weighted by molar-refractivity contribution is 0.100. The van der Waals surface area contributed by atoms with Gasteiger partial charge in [-0.2, -0.15) is 0 Å². The highest BCUT2D eigenvalue weighted by Gasteiger charge is 2.04. The van der Waals surface area contributed by atoms with Crippen molar-refractivity contribution in [2.45, 2.75) is 39.2 Å². The van der Waals surface area contributed by atoms with E-state index in [0.29, 0.717) is 11.6 Å². The molecule has 0 fully saturated rings. The van der Waals surface area contributed by atoms with Gasteiger partial charge in [-0.25, -0.2) is 0 Å². The van der Waals surface area contributed by atoms with E-state index in [9.17, 15) is 4.79 Å². The van der Waals surface area contributed by atoms with Gasteiger partial charge in [-0.15, -0.1) is 0 Å². The first-order valence-corrected chi connectivity index (χ1v) is 8.22. The maximum Gasteiger partial charge on any atom is 0.248 e. The molecule has 0 spiro atoms. The van der Waals surface area contributed by atoms with Crippen LogP contribution in [0.2, 0.25) is 0 Å². The van der Waals surface area contributed by atoms with Crippen molar-refractivity contribution in [2.75, 3.05) is 6.54 Å². The molecular formula is C20H26N2O. The van der Waals surface area contributed by atoms with Crippen molar-refractivity contribution >= 4 is 5.91 Å². The Morgan fingerprint density at radius 3 is 2.52 bits per heavy atom. The van der Waals surface area contributed by atoms with Crippen LogP contribution in [0.3, 0.4) is 0 Å². The zero-order valence-electron chi connectivity index (χ0n) is 14.0. The number of amides is 1. The van der Waals surface area contributed by atoms with Gasteiger partial charge in [-0.05, 0) is 62.9 Å². The molecule has 0 radical (unpaired) electrons. The molecule has 2 aromatic rings. The zero-order chi connectivity index (χ0) is 16.7. The predicted molar refractivity (Wildman–Crippen MR) is 95.6 cm³/mol. The van der Waals surface area contributed by atoms with Crippen LogP contribution in [0, 0.1) is 6.92 Å². The van der Waals surface area contributed by atoms with Gasteiger partial charge in [0, 0.05) is 11.6 Å². The van der Waals surface area contributed by atoms with Gasteiger partial charge in [0.15, 0.2) is 0 Å². The van der Waals surface area contributed by atoms with Gasteiger partial charge in [-0.1, -0.05) is 42.0 Å². The molecule has 0 saturated heterocycles. The fourth-order valence-electron chi connectivity index (χ4n) is 2.74. The molecule has 3 nitrogen and oxygen atoms in total. The third-order valence-electron chi connectivity index (χ3n) is 4.00. The Hall–Kier alpha value is -2.13. The first-order chi connectivity index (χ1) is 11.0. The Labute approximate surface area is 138 Å². The molecule has 0 aliphatic heterocycles. The SMILES string of the molecule is Cc1cccc(CC(C)NCCCc2ccc(C(N)=O)cc2)c1.